The molecule has 0 aromatic heterocycles. The molecule has 2 aliphatic heterocycles. The van der Waals surface area contributed by atoms with Crippen molar-refractivity contribution in [3.63, 3.8) is 0 Å². The number of ether oxygens (including phenoxy) is 1. The first kappa shape index (κ1) is 13.3. The molecule has 1 amide bonds. The van der Waals surface area contributed by atoms with E-state index in [1.807, 2.05) is 4.90 Å². The minimum atomic E-state index is -0.811. The second kappa shape index (κ2) is 5.67. The normalized spacial score (nSPS) is 27.2. The van der Waals surface area contributed by atoms with Crippen molar-refractivity contribution >= 4 is 11.9 Å². The molecule has 1 N–H and O–H groups in total. The molecule has 0 aliphatic carbocycles. The summed E-state index contributed by atoms with van der Waals surface area (Å²) in [4.78, 5) is 26.6. The average Bonchev–Trinajstić information content (AvgIpc) is 2.91. The van der Waals surface area contributed by atoms with E-state index in [0.29, 0.717) is 32.8 Å². The van der Waals surface area contributed by atoms with Crippen LogP contribution in [0.5, 0.6) is 0 Å². The summed E-state index contributed by atoms with van der Waals surface area (Å²) in [5, 5.41) is 8.94. The summed E-state index contributed by atoms with van der Waals surface area (Å²) in [6.07, 6.45) is 1.49. The lowest BCUT2D eigenvalue weighted by Gasteiger charge is -2.37. The van der Waals surface area contributed by atoms with Gasteiger partial charge in [-0.15, -0.1) is 0 Å². The fourth-order valence-corrected chi connectivity index (χ4v) is 2.46. The Morgan fingerprint density at radius 3 is 2.44 bits per heavy atom. The topological polar surface area (TPSA) is 70.1 Å². The van der Waals surface area contributed by atoms with Gasteiger partial charge in [0.15, 0.2) is 0 Å². The molecule has 2 rings (SSSR count). The van der Waals surface area contributed by atoms with Crippen LogP contribution in [0.3, 0.4) is 0 Å². The van der Waals surface area contributed by atoms with Gasteiger partial charge in [0.1, 0.15) is 12.1 Å². The predicted octanol–water partition coefficient (Wildman–Crippen LogP) is -0.217. The molecule has 2 saturated heterocycles. The van der Waals surface area contributed by atoms with E-state index in [1.165, 1.54) is 0 Å². The summed E-state index contributed by atoms with van der Waals surface area (Å²) in [5.41, 5.74) is 0. The van der Waals surface area contributed by atoms with Crippen LogP contribution in [0.25, 0.3) is 0 Å². The van der Waals surface area contributed by atoms with Gasteiger partial charge in [-0.25, -0.2) is 0 Å². The quantitative estimate of drug-likeness (QED) is 0.756. The minimum Gasteiger partial charge on any atom is -0.480 e. The van der Waals surface area contributed by atoms with E-state index in [0.717, 1.165) is 12.8 Å². The standard InChI is InChI=1S/C12H20N2O4/c1-9(12(16)17)13-4-6-14(7-5-13)11(15)10-3-2-8-18-10/h9-10H,2-8H2,1H3,(H,16,17)/t9?,10-/m1/s1. The zero-order chi connectivity index (χ0) is 13.1. The molecule has 102 valence electrons. The summed E-state index contributed by atoms with van der Waals surface area (Å²) in [6, 6.07) is -0.481. The van der Waals surface area contributed by atoms with E-state index in [4.69, 9.17) is 9.84 Å². The predicted molar refractivity (Wildman–Crippen MR) is 64.2 cm³/mol. The van der Waals surface area contributed by atoms with Gasteiger partial charge < -0.3 is 14.7 Å². The molecule has 0 spiro atoms. The van der Waals surface area contributed by atoms with E-state index in [2.05, 4.69) is 0 Å². The summed E-state index contributed by atoms with van der Waals surface area (Å²) in [6.45, 7) is 4.77. The average molecular weight is 256 g/mol. The SMILES string of the molecule is CC(C(=O)O)N1CCN(C(=O)[C@H]2CCCO2)CC1. The first-order valence-electron chi connectivity index (χ1n) is 6.47. The van der Waals surface area contributed by atoms with Crippen molar-refractivity contribution in [1.29, 1.82) is 0 Å². The lowest BCUT2D eigenvalue weighted by Crippen LogP contribution is -2.54. The van der Waals surface area contributed by atoms with Crippen molar-refractivity contribution in [2.45, 2.75) is 31.9 Å². The lowest BCUT2D eigenvalue weighted by atomic mass is 10.2. The molecule has 0 bridgehead atoms. The van der Waals surface area contributed by atoms with E-state index >= 15 is 0 Å². The van der Waals surface area contributed by atoms with E-state index in [1.54, 1.807) is 11.8 Å². The van der Waals surface area contributed by atoms with Gasteiger partial charge in [-0.05, 0) is 19.8 Å². The monoisotopic (exact) mass is 256 g/mol. The molecular formula is C12H20N2O4. The molecule has 6 nitrogen and oxygen atoms in total. The smallest absolute Gasteiger partial charge is 0.320 e. The lowest BCUT2D eigenvalue weighted by molar-refractivity contribution is -0.146. The second-order valence-electron chi connectivity index (χ2n) is 4.88. The van der Waals surface area contributed by atoms with Gasteiger partial charge in [0.2, 0.25) is 0 Å². The van der Waals surface area contributed by atoms with Gasteiger partial charge in [-0.3, -0.25) is 14.5 Å². The molecule has 18 heavy (non-hydrogen) atoms. The molecule has 0 aromatic carbocycles. The Morgan fingerprint density at radius 1 is 1.28 bits per heavy atom. The van der Waals surface area contributed by atoms with Crippen molar-refractivity contribution in [2.24, 2.45) is 0 Å². The summed E-state index contributed by atoms with van der Waals surface area (Å²) < 4.78 is 5.38. The number of carbonyl (C=O) groups excluding carboxylic acids is 1. The Hall–Kier alpha value is -1.14. The highest BCUT2D eigenvalue weighted by Crippen LogP contribution is 2.16. The molecule has 6 heteroatoms. The van der Waals surface area contributed by atoms with Crippen LogP contribution in [0, 0.1) is 0 Å². The van der Waals surface area contributed by atoms with Crippen LogP contribution in [-0.4, -0.2) is 71.7 Å². The van der Waals surface area contributed by atoms with Crippen LogP contribution in [0.1, 0.15) is 19.8 Å². The van der Waals surface area contributed by atoms with Crippen molar-refractivity contribution in [3.05, 3.63) is 0 Å². The number of hydrogen-bond acceptors (Lipinski definition) is 4. The Kier molecular flexibility index (Phi) is 4.19. The van der Waals surface area contributed by atoms with Gasteiger partial charge >= 0.3 is 5.97 Å². The van der Waals surface area contributed by atoms with Gasteiger partial charge in [-0.1, -0.05) is 0 Å². The first-order chi connectivity index (χ1) is 8.59. The number of carbonyl (C=O) groups is 2. The maximum Gasteiger partial charge on any atom is 0.320 e. The van der Waals surface area contributed by atoms with Crippen LogP contribution >= 0.6 is 0 Å². The number of aliphatic carboxylic acids is 1. The van der Waals surface area contributed by atoms with Crippen molar-refractivity contribution in [2.75, 3.05) is 32.8 Å². The highest BCUT2D eigenvalue weighted by molar-refractivity contribution is 5.81. The van der Waals surface area contributed by atoms with E-state index in [9.17, 15) is 9.59 Å². The number of hydrogen-bond donors (Lipinski definition) is 1. The Morgan fingerprint density at radius 2 is 1.94 bits per heavy atom. The third-order valence-corrected chi connectivity index (χ3v) is 3.74. The number of amides is 1. The minimum absolute atomic E-state index is 0.0649. The van der Waals surface area contributed by atoms with Crippen LogP contribution in [0.15, 0.2) is 0 Å². The molecule has 2 atom stereocenters. The third kappa shape index (κ3) is 2.81. The number of rotatable bonds is 3. The Balaban J connectivity index is 1.82. The number of nitrogens with zero attached hydrogens (tertiary/aromatic N) is 2. The van der Waals surface area contributed by atoms with Gasteiger partial charge in [-0.2, -0.15) is 0 Å². The zero-order valence-corrected chi connectivity index (χ0v) is 10.7. The number of piperazine rings is 1. The Bertz CT molecular complexity index is 320. The molecule has 1 unspecified atom stereocenters. The molecule has 0 aromatic rings. The summed E-state index contributed by atoms with van der Waals surface area (Å²) in [7, 11) is 0. The van der Waals surface area contributed by atoms with E-state index < -0.39 is 12.0 Å². The molecule has 2 heterocycles. The molecule has 2 aliphatic rings. The molecule has 0 saturated carbocycles. The number of carboxylic acids is 1. The first-order valence-corrected chi connectivity index (χ1v) is 6.47. The van der Waals surface area contributed by atoms with Gasteiger partial charge in [0.25, 0.3) is 5.91 Å². The molecule has 0 radical (unpaired) electrons. The molecule has 2 fully saturated rings. The van der Waals surface area contributed by atoms with Gasteiger partial charge in [0.05, 0.1) is 0 Å². The van der Waals surface area contributed by atoms with Crippen molar-refractivity contribution < 1.29 is 19.4 Å². The van der Waals surface area contributed by atoms with Crippen LogP contribution in [0.4, 0.5) is 0 Å². The maximum absolute atomic E-state index is 12.1. The number of carboxylic acid groups (broad SMARTS) is 1. The van der Waals surface area contributed by atoms with Crippen LogP contribution in [-0.2, 0) is 14.3 Å². The maximum atomic E-state index is 12.1. The largest absolute Gasteiger partial charge is 0.480 e. The summed E-state index contributed by atoms with van der Waals surface area (Å²) in [5.74, 6) is -0.746. The zero-order valence-electron chi connectivity index (χ0n) is 10.7. The highest BCUT2D eigenvalue weighted by Gasteiger charge is 2.32. The van der Waals surface area contributed by atoms with Gasteiger partial charge in [0, 0.05) is 32.8 Å². The van der Waals surface area contributed by atoms with Crippen LogP contribution in [0.2, 0.25) is 0 Å². The highest BCUT2D eigenvalue weighted by atomic mass is 16.5. The summed E-state index contributed by atoms with van der Waals surface area (Å²) >= 11 is 0. The second-order valence-corrected chi connectivity index (χ2v) is 4.88. The van der Waals surface area contributed by atoms with Crippen molar-refractivity contribution in [1.82, 2.24) is 9.80 Å². The van der Waals surface area contributed by atoms with Crippen LogP contribution < -0.4 is 0 Å². The fourth-order valence-electron chi connectivity index (χ4n) is 2.46. The fraction of sp³-hybridized carbons (Fsp3) is 0.833. The Labute approximate surface area is 106 Å². The molecular weight excluding hydrogens is 236 g/mol. The third-order valence-electron chi connectivity index (χ3n) is 3.74. The van der Waals surface area contributed by atoms with E-state index in [-0.39, 0.29) is 12.0 Å². The van der Waals surface area contributed by atoms with Crippen molar-refractivity contribution in [3.8, 4) is 0 Å².